The normalized spacial score (nSPS) is 19.7. The number of aliphatic hydroxyl groups excluding tert-OH is 1. The number of hydrogen-bond acceptors (Lipinski definition) is 5. The lowest BCUT2D eigenvalue weighted by Crippen LogP contribution is -2.68. The van der Waals surface area contributed by atoms with E-state index in [4.69, 9.17) is 13.9 Å². The van der Waals surface area contributed by atoms with E-state index in [1.165, 1.54) is 0 Å². The van der Waals surface area contributed by atoms with Crippen LogP contribution in [0.3, 0.4) is 0 Å². The van der Waals surface area contributed by atoms with E-state index in [1.54, 1.807) is 6.92 Å². The molecule has 0 radical (unpaired) electrons. The first-order valence-electron chi connectivity index (χ1n) is 11.0. The quantitative estimate of drug-likeness (QED) is 0.316. The number of hydrogen-bond donors (Lipinski definition) is 1. The van der Waals surface area contributed by atoms with Gasteiger partial charge in [-0.2, -0.15) is 0 Å². The van der Waals surface area contributed by atoms with Crippen molar-refractivity contribution >= 4 is 24.7 Å². The highest BCUT2D eigenvalue weighted by Gasteiger charge is 2.52. The van der Waals surface area contributed by atoms with Gasteiger partial charge in [0.15, 0.2) is 6.29 Å². The molecule has 1 unspecified atom stereocenters. The van der Waals surface area contributed by atoms with Gasteiger partial charge in [0, 0.05) is 18.3 Å². The van der Waals surface area contributed by atoms with Crippen LogP contribution in [0.5, 0.6) is 0 Å². The summed E-state index contributed by atoms with van der Waals surface area (Å²) in [6.45, 7) is 8.90. The number of ether oxygens (including phenoxy) is 2. The average Bonchev–Trinajstić information content (AvgIpc) is 3.21. The third-order valence-corrected chi connectivity index (χ3v) is 10.8. The minimum atomic E-state index is -2.88. The Balaban J connectivity index is 2.14. The molecule has 3 atom stereocenters. The Labute approximate surface area is 191 Å². The van der Waals surface area contributed by atoms with Gasteiger partial charge in [0.05, 0.1) is 13.2 Å². The van der Waals surface area contributed by atoms with Crippen LogP contribution in [0.25, 0.3) is 0 Å². The van der Waals surface area contributed by atoms with Crippen LogP contribution in [-0.2, 0) is 18.7 Å². The van der Waals surface area contributed by atoms with Gasteiger partial charge in [-0.05, 0) is 22.3 Å². The number of benzene rings is 2. The van der Waals surface area contributed by atoms with Gasteiger partial charge >= 0.3 is 5.97 Å². The molecule has 5 nitrogen and oxygen atoms in total. The maximum absolute atomic E-state index is 12.0. The molecule has 2 aromatic carbocycles. The lowest BCUT2D eigenvalue weighted by molar-refractivity contribution is -0.136. The lowest BCUT2D eigenvalue weighted by atomic mass is 10.0. The zero-order valence-corrected chi connectivity index (χ0v) is 20.2. The van der Waals surface area contributed by atoms with Crippen LogP contribution in [0, 0.1) is 17.8 Å². The van der Waals surface area contributed by atoms with Gasteiger partial charge in [-0.1, -0.05) is 87.4 Å². The van der Waals surface area contributed by atoms with E-state index in [1.807, 2.05) is 36.4 Å². The minimum absolute atomic E-state index is 0.159. The van der Waals surface area contributed by atoms with Crippen LogP contribution in [0.4, 0.5) is 0 Å². The van der Waals surface area contributed by atoms with Crippen molar-refractivity contribution in [2.24, 2.45) is 5.92 Å². The molecule has 0 amide bonds. The van der Waals surface area contributed by atoms with E-state index in [9.17, 15) is 9.90 Å². The maximum Gasteiger partial charge on any atom is 0.384 e. The zero-order chi connectivity index (χ0) is 23.2. The molecule has 1 fully saturated rings. The standard InChI is InChI=1S/C26H32O5Si/c1-5-29-24(27)17-16-23(20-18-25(28)30-19-20)31-32(26(2,3)4,21-12-8-6-9-13-21)22-14-10-7-11-15-22/h6-15,20,23,25,28H,5,18-19H2,1-4H3/t20-,23+,25?/m0/s1. The summed E-state index contributed by atoms with van der Waals surface area (Å²) < 4.78 is 17.5. The Kier molecular flexibility index (Phi) is 7.91. The van der Waals surface area contributed by atoms with Gasteiger partial charge in [0.1, 0.15) is 6.10 Å². The number of carbonyl (C=O) groups is 1. The minimum Gasteiger partial charge on any atom is -0.456 e. The molecular weight excluding hydrogens is 420 g/mol. The van der Waals surface area contributed by atoms with Crippen molar-refractivity contribution in [2.75, 3.05) is 13.2 Å². The molecule has 0 aromatic heterocycles. The van der Waals surface area contributed by atoms with Gasteiger partial charge < -0.3 is 19.0 Å². The fourth-order valence-corrected chi connectivity index (χ4v) is 8.91. The third-order valence-electron chi connectivity index (χ3n) is 5.75. The zero-order valence-electron chi connectivity index (χ0n) is 19.2. The largest absolute Gasteiger partial charge is 0.456 e. The van der Waals surface area contributed by atoms with Crippen LogP contribution in [0.2, 0.25) is 5.04 Å². The monoisotopic (exact) mass is 452 g/mol. The molecule has 1 aliphatic heterocycles. The van der Waals surface area contributed by atoms with E-state index in [0.29, 0.717) is 13.0 Å². The summed E-state index contributed by atoms with van der Waals surface area (Å²) in [5, 5.41) is 12.0. The van der Waals surface area contributed by atoms with Crippen LogP contribution in [0.15, 0.2) is 60.7 Å². The molecule has 1 saturated heterocycles. The first-order chi connectivity index (χ1) is 15.3. The van der Waals surface area contributed by atoms with Gasteiger partial charge in [0.2, 0.25) is 0 Å². The van der Waals surface area contributed by atoms with Crippen LogP contribution in [0.1, 0.15) is 34.1 Å². The molecule has 0 saturated carbocycles. The SMILES string of the molecule is CCOC(=O)C#C[C@@H](O[Si](c1ccccc1)(c1ccccc1)C(C)(C)C)[C@@H]1COC(O)C1. The fourth-order valence-electron chi connectivity index (χ4n) is 4.26. The van der Waals surface area contributed by atoms with E-state index >= 15 is 0 Å². The van der Waals surface area contributed by atoms with Crippen molar-refractivity contribution in [3.8, 4) is 11.8 Å². The van der Waals surface area contributed by atoms with Crippen LogP contribution >= 0.6 is 0 Å². The molecule has 3 rings (SSSR count). The number of rotatable bonds is 6. The molecule has 1 heterocycles. The van der Waals surface area contributed by atoms with Gasteiger partial charge in [-0.15, -0.1) is 0 Å². The summed E-state index contributed by atoms with van der Waals surface area (Å²) in [5.41, 5.74) is 0. The lowest BCUT2D eigenvalue weighted by Gasteiger charge is -2.45. The molecule has 0 spiro atoms. The molecule has 170 valence electrons. The van der Waals surface area contributed by atoms with Crippen molar-refractivity contribution in [1.29, 1.82) is 0 Å². The first-order valence-corrected chi connectivity index (χ1v) is 13.0. The van der Waals surface area contributed by atoms with E-state index in [2.05, 4.69) is 56.9 Å². The van der Waals surface area contributed by atoms with Crippen molar-refractivity contribution in [3.63, 3.8) is 0 Å². The predicted molar refractivity (Wildman–Crippen MR) is 127 cm³/mol. The summed E-state index contributed by atoms with van der Waals surface area (Å²) in [7, 11) is -2.88. The second-order valence-electron chi connectivity index (χ2n) is 8.98. The van der Waals surface area contributed by atoms with Gasteiger partial charge in [-0.3, -0.25) is 0 Å². The Hall–Kier alpha value is -2.43. The average molecular weight is 453 g/mol. The Morgan fingerprint density at radius 3 is 2.12 bits per heavy atom. The molecule has 6 heteroatoms. The predicted octanol–water partition coefficient (Wildman–Crippen LogP) is 2.85. The van der Waals surface area contributed by atoms with Crippen molar-refractivity contribution in [1.82, 2.24) is 0 Å². The van der Waals surface area contributed by atoms with Gasteiger partial charge in [-0.25, -0.2) is 4.79 Å². The fraction of sp³-hybridized carbons (Fsp3) is 0.423. The second-order valence-corrected chi connectivity index (χ2v) is 13.2. The number of aliphatic hydroxyl groups is 1. The van der Waals surface area contributed by atoms with Crippen molar-refractivity contribution < 1.29 is 23.8 Å². The topological polar surface area (TPSA) is 65.0 Å². The summed E-state index contributed by atoms with van der Waals surface area (Å²) in [5.74, 6) is 4.89. The summed E-state index contributed by atoms with van der Waals surface area (Å²) in [6, 6.07) is 20.5. The molecule has 2 aromatic rings. The highest BCUT2D eigenvalue weighted by molar-refractivity contribution is 6.99. The van der Waals surface area contributed by atoms with Gasteiger partial charge in [0.25, 0.3) is 8.32 Å². The van der Waals surface area contributed by atoms with E-state index in [0.717, 1.165) is 10.4 Å². The number of carbonyl (C=O) groups excluding carboxylic acids is 1. The third kappa shape index (κ3) is 5.30. The highest BCUT2D eigenvalue weighted by Crippen LogP contribution is 2.39. The van der Waals surface area contributed by atoms with Crippen LogP contribution < -0.4 is 10.4 Å². The molecule has 0 bridgehead atoms. The number of esters is 1. The van der Waals surface area contributed by atoms with Crippen molar-refractivity contribution in [3.05, 3.63) is 60.7 Å². The van der Waals surface area contributed by atoms with Crippen LogP contribution in [-0.4, -0.2) is 45.0 Å². The van der Waals surface area contributed by atoms with Crippen molar-refractivity contribution in [2.45, 2.75) is 51.5 Å². The summed E-state index contributed by atoms with van der Waals surface area (Å²) in [4.78, 5) is 12.0. The first kappa shape index (κ1) is 24.2. The summed E-state index contributed by atoms with van der Waals surface area (Å²) >= 11 is 0. The molecule has 32 heavy (non-hydrogen) atoms. The Morgan fingerprint density at radius 1 is 1.12 bits per heavy atom. The molecule has 1 aliphatic rings. The Morgan fingerprint density at radius 2 is 1.69 bits per heavy atom. The van der Waals surface area contributed by atoms with E-state index < -0.39 is 26.7 Å². The molecular formula is C26H32O5Si. The Bertz CT molecular complexity index is 903. The molecule has 1 N–H and O–H groups in total. The summed E-state index contributed by atoms with van der Waals surface area (Å²) in [6.07, 6.45) is -1.04. The highest BCUT2D eigenvalue weighted by atomic mass is 28.4. The maximum atomic E-state index is 12.0. The second kappa shape index (κ2) is 10.5. The smallest absolute Gasteiger partial charge is 0.384 e. The molecule has 0 aliphatic carbocycles. The van der Waals surface area contributed by atoms with E-state index in [-0.39, 0.29) is 17.6 Å².